The van der Waals surface area contributed by atoms with E-state index < -0.39 is 61.2 Å². The van der Waals surface area contributed by atoms with Crippen molar-refractivity contribution >= 4 is 11.0 Å². The largest absolute Gasteiger partial charge is 0.422 e. The van der Waals surface area contributed by atoms with Crippen molar-refractivity contribution in [1.82, 2.24) is 0 Å². The van der Waals surface area contributed by atoms with Crippen LogP contribution < -0.4 is 5.63 Å². The number of benzene rings is 1. The van der Waals surface area contributed by atoms with Gasteiger partial charge in [-0.05, 0) is 12.1 Å². The average Bonchev–Trinajstić information content (AvgIpc) is 2.60. The first kappa shape index (κ1) is 18.8. The zero-order chi connectivity index (χ0) is 19.0. The standard InChI is InChI=1S/C16H16F2O8/c17-8-2-6-1-7(15(22)25-10(6)3-9(8)18)5-24-14-12(20)11(4-19)26-16(23)13(14)21/h1-3,11-14,16,19-21,23H,4-5H2/t11-,12+,13-,14+,16-/m1/s1. The monoisotopic (exact) mass is 374 g/mol. The third-order valence-electron chi connectivity index (χ3n) is 4.12. The molecule has 0 saturated carbocycles. The fraction of sp³-hybridized carbons (Fsp3) is 0.438. The third-order valence-corrected chi connectivity index (χ3v) is 4.12. The molecule has 0 amide bonds. The summed E-state index contributed by atoms with van der Waals surface area (Å²) < 4.78 is 41.5. The molecule has 1 aliphatic heterocycles. The highest BCUT2D eigenvalue weighted by molar-refractivity contribution is 5.77. The molecule has 3 rings (SSSR count). The summed E-state index contributed by atoms with van der Waals surface area (Å²) in [7, 11) is 0. The lowest BCUT2D eigenvalue weighted by molar-refractivity contribution is -0.296. The lowest BCUT2D eigenvalue weighted by Gasteiger charge is -2.39. The minimum absolute atomic E-state index is 0.0792. The molecule has 0 radical (unpaired) electrons. The Morgan fingerprint density at radius 2 is 1.77 bits per heavy atom. The van der Waals surface area contributed by atoms with Crippen LogP contribution in [0.2, 0.25) is 0 Å². The number of halogens is 2. The summed E-state index contributed by atoms with van der Waals surface area (Å²) >= 11 is 0. The Morgan fingerprint density at radius 3 is 2.46 bits per heavy atom. The Balaban J connectivity index is 1.83. The molecule has 5 atom stereocenters. The summed E-state index contributed by atoms with van der Waals surface area (Å²) in [6.45, 7) is -1.09. The zero-order valence-electron chi connectivity index (χ0n) is 13.2. The molecule has 0 spiro atoms. The normalized spacial score (nSPS) is 29.2. The van der Waals surface area contributed by atoms with Crippen LogP contribution in [0.5, 0.6) is 0 Å². The fourth-order valence-electron chi connectivity index (χ4n) is 2.71. The highest BCUT2D eigenvalue weighted by atomic mass is 19.2. The van der Waals surface area contributed by atoms with Crippen molar-refractivity contribution in [1.29, 1.82) is 0 Å². The highest BCUT2D eigenvalue weighted by Crippen LogP contribution is 2.24. The second-order valence-electron chi connectivity index (χ2n) is 5.87. The van der Waals surface area contributed by atoms with E-state index >= 15 is 0 Å². The first-order valence-electron chi connectivity index (χ1n) is 7.65. The molecule has 1 aliphatic rings. The van der Waals surface area contributed by atoms with Crippen LogP contribution in [0.3, 0.4) is 0 Å². The first-order valence-corrected chi connectivity index (χ1v) is 7.65. The molecule has 10 heteroatoms. The molecule has 1 saturated heterocycles. The molecule has 8 nitrogen and oxygen atoms in total. The van der Waals surface area contributed by atoms with Crippen molar-refractivity contribution in [3.05, 3.63) is 45.8 Å². The van der Waals surface area contributed by atoms with Crippen molar-refractivity contribution in [3.8, 4) is 0 Å². The van der Waals surface area contributed by atoms with Gasteiger partial charge in [-0.15, -0.1) is 0 Å². The van der Waals surface area contributed by atoms with Crippen LogP contribution >= 0.6 is 0 Å². The Morgan fingerprint density at radius 1 is 1.08 bits per heavy atom. The van der Waals surface area contributed by atoms with E-state index in [4.69, 9.17) is 19.0 Å². The lowest BCUT2D eigenvalue weighted by atomic mass is 9.99. The van der Waals surface area contributed by atoms with E-state index in [1.54, 1.807) is 0 Å². The second kappa shape index (κ2) is 7.35. The third kappa shape index (κ3) is 3.47. The topological polar surface area (TPSA) is 130 Å². The number of aliphatic hydroxyl groups excluding tert-OH is 4. The van der Waals surface area contributed by atoms with Crippen molar-refractivity contribution in [3.63, 3.8) is 0 Å². The molecule has 26 heavy (non-hydrogen) atoms. The maximum Gasteiger partial charge on any atom is 0.341 e. The number of hydrogen-bond donors (Lipinski definition) is 4. The number of rotatable bonds is 4. The molecule has 2 heterocycles. The Kier molecular flexibility index (Phi) is 5.32. The molecule has 1 aromatic carbocycles. The van der Waals surface area contributed by atoms with Crippen molar-refractivity contribution in [2.45, 2.75) is 37.3 Å². The van der Waals surface area contributed by atoms with Gasteiger partial charge in [0.2, 0.25) is 0 Å². The second-order valence-corrected chi connectivity index (χ2v) is 5.87. The maximum atomic E-state index is 13.3. The van der Waals surface area contributed by atoms with Gasteiger partial charge in [0, 0.05) is 11.5 Å². The van der Waals surface area contributed by atoms with Gasteiger partial charge >= 0.3 is 5.63 Å². The summed E-state index contributed by atoms with van der Waals surface area (Å²) in [6, 6.07) is 2.81. The predicted molar refractivity (Wildman–Crippen MR) is 81.0 cm³/mol. The lowest BCUT2D eigenvalue weighted by Crippen LogP contribution is -2.59. The number of hydrogen-bond acceptors (Lipinski definition) is 8. The summed E-state index contributed by atoms with van der Waals surface area (Å²) in [5, 5.41) is 38.7. The van der Waals surface area contributed by atoms with E-state index in [0.29, 0.717) is 0 Å². The van der Waals surface area contributed by atoms with Crippen LogP contribution in [0, 0.1) is 11.6 Å². The van der Waals surface area contributed by atoms with Gasteiger partial charge < -0.3 is 34.3 Å². The first-order chi connectivity index (χ1) is 12.3. The molecule has 4 N–H and O–H groups in total. The molecule has 0 unspecified atom stereocenters. The van der Waals surface area contributed by atoms with Crippen molar-refractivity contribution < 1.29 is 43.1 Å². The van der Waals surface area contributed by atoms with Gasteiger partial charge in [0.05, 0.1) is 18.8 Å². The van der Waals surface area contributed by atoms with Crippen LogP contribution in [0.15, 0.2) is 27.4 Å². The van der Waals surface area contributed by atoms with Crippen LogP contribution in [-0.4, -0.2) is 57.7 Å². The van der Waals surface area contributed by atoms with Crippen molar-refractivity contribution in [2.24, 2.45) is 0 Å². The van der Waals surface area contributed by atoms with E-state index in [1.165, 1.54) is 6.07 Å². The summed E-state index contributed by atoms with van der Waals surface area (Å²) in [6.07, 6.45) is -7.37. The van der Waals surface area contributed by atoms with Gasteiger partial charge in [-0.1, -0.05) is 0 Å². The van der Waals surface area contributed by atoms with Gasteiger partial charge in [-0.2, -0.15) is 0 Å². The van der Waals surface area contributed by atoms with Gasteiger partial charge in [-0.3, -0.25) is 0 Å². The number of fused-ring (bicyclic) bond motifs is 1. The van der Waals surface area contributed by atoms with E-state index in [-0.39, 0.29) is 16.5 Å². The SMILES string of the molecule is O=c1oc2cc(F)c(F)cc2cc1CO[C@@H]1[C@@H](O)[C@H](O)O[C@H](CO)[C@@H]1O. The van der Waals surface area contributed by atoms with Gasteiger partial charge in [0.1, 0.15) is 30.0 Å². The number of aliphatic hydroxyl groups is 4. The Bertz CT molecular complexity index is 854. The molecule has 0 aliphatic carbocycles. The quantitative estimate of drug-likeness (QED) is 0.522. The van der Waals surface area contributed by atoms with E-state index in [0.717, 1.165) is 12.1 Å². The van der Waals surface area contributed by atoms with Gasteiger partial charge in [-0.25, -0.2) is 13.6 Å². The molecular weight excluding hydrogens is 358 g/mol. The van der Waals surface area contributed by atoms with Gasteiger partial charge in [0.15, 0.2) is 17.9 Å². The zero-order valence-corrected chi connectivity index (χ0v) is 13.2. The van der Waals surface area contributed by atoms with E-state index in [1.807, 2.05) is 0 Å². The van der Waals surface area contributed by atoms with E-state index in [2.05, 4.69) is 0 Å². The summed E-state index contributed by atoms with van der Waals surface area (Å²) in [5.41, 5.74) is -1.11. The van der Waals surface area contributed by atoms with Crippen LogP contribution in [0.4, 0.5) is 8.78 Å². The van der Waals surface area contributed by atoms with Crippen LogP contribution in [-0.2, 0) is 16.1 Å². The Labute approximate surface area is 144 Å². The molecule has 1 fully saturated rings. The molecule has 2 aromatic rings. The minimum atomic E-state index is -1.70. The summed E-state index contributed by atoms with van der Waals surface area (Å²) in [4.78, 5) is 11.9. The number of ether oxygens (including phenoxy) is 2. The van der Waals surface area contributed by atoms with Gasteiger partial charge in [0.25, 0.3) is 0 Å². The van der Waals surface area contributed by atoms with Crippen LogP contribution in [0.1, 0.15) is 5.56 Å². The molecular formula is C16H16F2O8. The molecule has 0 bridgehead atoms. The predicted octanol–water partition coefficient (Wildman–Crippen LogP) is -0.612. The smallest absolute Gasteiger partial charge is 0.341 e. The molecule has 1 aromatic heterocycles. The van der Waals surface area contributed by atoms with Crippen molar-refractivity contribution in [2.75, 3.05) is 6.61 Å². The summed E-state index contributed by atoms with van der Waals surface area (Å²) in [5.74, 6) is -2.29. The Hall–Kier alpha value is -1.95. The molecule has 142 valence electrons. The fourth-order valence-corrected chi connectivity index (χ4v) is 2.71. The highest BCUT2D eigenvalue weighted by Gasteiger charge is 2.44. The maximum absolute atomic E-state index is 13.3. The van der Waals surface area contributed by atoms with Crippen LogP contribution in [0.25, 0.3) is 11.0 Å². The average molecular weight is 374 g/mol. The van der Waals surface area contributed by atoms with E-state index in [9.17, 15) is 28.9 Å². The minimum Gasteiger partial charge on any atom is -0.422 e.